The number of hydrogen-bond donors (Lipinski definition) is 0. The molecule has 6 heteroatoms. The summed E-state index contributed by atoms with van der Waals surface area (Å²) in [5.74, 6) is -0.311. The number of aryl methyl sites for hydroxylation is 1. The molecule has 1 saturated heterocycles. The summed E-state index contributed by atoms with van der Waals surface area (Å²) in [6, 6.07) is 20.4. The van der Waals surface area contributed by atoms with Gasteiger partial charge in [0.2, 0.25) is 0 Å². The molecular formula is C23H17N3O2S. The molecule has 0 N–H and O–H groups in total. The average Bonchev–Trinajstić information content (AvgIpc) is 3.17. The van der Waals surface area contributed by atoms with Crippen molar-refractivity contribution < 1.29 is 9.59 Å². The second-order valence-corrected chi connectivity index (χ2v) is 7.67. The van der Waals surface area contributed by atoms with E-state index in [0.29, 0.717) is 16.2 Å². The van der Waals surface area contributed by atoms with Crippen LogP contribution in [-0.4, -0.2) is 15.7 Å². The second-order valence-electron chi connectivity index (χ2n) is 6.67. The first-order valence-corrected chi connectivity index (χ1v) is 9.83. The van der Waals surface area contributed by atoms with Gasteiger partial charge in [0.1, 0.15) is 0 Å². The van der Waals surface area contributed by atoms with Gasteiger partial charge in [0.15, 0.2) is 0 Å². The van der Waals surface area contributed by atoms with Crippen molar-refractivity contribution in [1.29, 1.82) is 5.26 Å². The lowest BCUT2D eigenvalue weighted by Crippen LogP contribution is -2.27. The van der Waals surface area contributed by atoms with Gasteiger partial charge in [-0.05, 0) is 79.7 Å². The third-order valence-corrected chi connectivity index (χ3v) is 5.69. The Morgan fingerprint density at radius 3 is 2.31 bits per heavy atom. The normalized spacial score (nSPS) is 15.2. The van der Waals surface area contributed by atoms with Gasteiger partial charge in [0, 0.05) is 17.1 Å². The molecule has 1 fully saturated rings. The molecule has 0 saturated carbocycles. The highest BCUT2D eigenvalue weighted by Gasteiger charge is 2.36. The molecule has 0 spiro atoms. The van der Waals surface area contributed by atoms with Crippen LogP contribution >= 0.6 is 11.8 Å². The predicted octanol–water partition coefficient (Wildman–Crippen LogP) is 5.21. The van der Waals surface area contributed by atoms with Crippen LogP contribution < -0.4 is 4.90 Å². The molecule has 29 heavy (non-hydrogen) atoms. The van der Waals surface area contributed by atoms with Crippen molar-refractivity contribution in [1.82, 2.24) is 4.57 Å². The molecule has 5 nitrogen and oxygen atoms in total. The molecule has 3 aromatic rings. The van der Waals surface area contributed by atoms with Crippen LogP contribution in [0.5, 0.6) is 0 Å². The van der Waals surface area contributed by atoms with E-state index in [9.17, 15) is 9.59 Å². The van der Waals surface area contributed by atoms with Crippen LogP contribution in [0.2, 0.25) is 0 Å². The predicted molar refractivity (Wildman–Crippen MR) is 115 cm³/mol. The first kappa shape index (κ1) is 18.8. The second kappa shape index (κ2) is 7.46. The minimum absolute atomic E-state index is 0.298. The zero-order valence-electron chi connectivity index (χ0n) is 15.9. The van der Waals surface area contributed by atoms with Crippen molar-refractivity contribution in [3.8, 4) is 11.8 Å². The summed E-state index contributed by atoms with van der Waals surface area (Å²) in [4.78, 5) is 26.9. The zero-order valence-corrected chi connectivity index (χ0v) is 16.7. The molecule has 2 amide bonds. The molecule has 0 radical (unpaired) electrons. The van der Waals surface area contributed by atoms with Gasteiger partial charge in [0.25, 0.3) is 11.1 Å². The van der Waals surface area contributed by atoms with E-state index in [4.69, 9.17) is 5.26 Å². The molecule has 1 aliphatic heterocycles. The van der Waals surface area contributed by atoms with Crippen LogP contribution in [0.1, 0.15) is 22.5 Å². The van der Waals surface area contributed by atoms with Crippen LogP contribution in [0.15, 0.2) is 65.6 Å². The maximum Gasteiger partial charge on any atom is 0.298 e. The van der Waals surface area contributed by atoms with Gasteiger partial charge in [-0.15, -0.1) is 0 Å². The molecule has 142 valence electrons. The number of nitrogens with zero attached hydrogens (tertiary/aromatic N) is 3. The van der Waals surface area contributed by atoms with Crippen molar-refractivity contribution in [2.45, 2.75) is 13.8 Å². The summed E-state index contributed by atoms with van der Waals surface area (Å²) in [7, 11) is 0. The Morgan fingerprint density at radius 2 is 1.66 bits per heavy atom. The number of aromatic nitrogens is 1. The lowest BCUT2D eigenvalue weighted by atomic mass is 10.2. The van der Waals surface area contributed by atoms with E-state index in [1.165, 1.54) is 4.90 Å². The summed E-state index contributed by atoms with van der Waals surface area (Å²) < 4.78 is 2.06. The number of nitriles is 1. The number of anilines is 1. The molecule has 1 aliphatic rings. The fourth-order valence-electron chi connectivity index (χ4n) is 3.42. The van der Waals surface area contributed by atoms with Crippen molar-refractivity contribution in [3.63, 3.8) is 0 Å². The minimum Gasteiger partial charge on any atom is -0.318 e. The van der Waals surface area contributed by atoms with E-state index in [2.05, 4.69) is 10.6 Å². The zero-order chi connectivity index (χ0) is 20.5. The fourth-order valence-corrected chi connectivity index (χ4v) is 4.26. The van der Waals surface area contributed by atoms with Crippen LogP contribution in [0.4, 0.5) is 10.5 Å². The molecule has 2 heterocycles. The van der Waals surface area contributed by atoms with Gasteiger partial charge in [-0.3, -0.25) is 9.59 Å². The molecular weight excluding hydrogens is 382 g/mol. The van der Waals surface area contributed by atoms with E-state index in [-0.39, 0.29) is 11.1 Å². The number of imide groups is 1. The van der Waals surface area contributed by atoms with E-state index in [0.717, 1.165) is 34.4 Å². The minimum atomic E-state index is -0.311. The van der Waals surface area contributed by atoms with Crippen LogP contribution in [0.3, 0.4) is 0 Å². The quantitative estimate of drug-likeness (QED) is 0.567. The van der Waals surface area contributed by atoms with E-state index >= 15 is 0 Å². The topological polar surface area (TPSA) is 66.1 Å². The van der Waals surface area contributed by atoms with Crippen LogP contribution in [0, 0.1) is 25.2 Å². The first-order valence-electron chi connectivity index (χ1n) is 9.02. The Hall–Kier alpha value is -3.56. The van der Waals surface area contributed by atoms with Gasteiger partial charge in [-0.25, -0.2) is 4.90 Å². The Kier molecular flexibility index (Phi) is 4.83. The Morgan fingerprint density at radius 1 is 0.966 bits per heavy atom. The number of para-hydroxylation sites is 1. The highest BCUT2D eigenvalue weighted by molar-refractivity contribution is 8.19. The number of thioether (sulfide) groups is 1. The number of benzene rings is 2. The van der Waals surface area contributed by atoms with E-state index in [1.54, 1.807) is 42.5 Å². The van der Waals surface area contributed by atoms with Crippen molar-refractivity contribution in [2.24, 2.45) is 0 Å². The Bertz CT molecular complexity index is 1190. The van der Waals surface area contributed by atoms with Crippen molar-refractivity contribution in [2.75, 3.05) is 4.90 Å². The van der Waals surface area contributed by atoms with Crippen LogP contribution in [-0.2, 0) is 4.79 Å². The summed E-state index contributed by atoms with van der Waals surface area (Å²) in [6.45, 7) is 3.96. The van der Waals surface area contributed by atoms with E-state index < -0.39 is 0 Å². The standard InChI is InChI=1S/C23H17N3O2S/c1-15-12-18(16(2)25(15)20-10-8-17(14-24)9-11-20)13-21-22(27)26(23(28)29-21)19-6-4-3-5-7-19/h3-13H,1-2H3/b21-13+. The highest BCUT2D eigenvalue weighted by atomic mass is 32.2. The Balaban J connectivity index is 1.70. The maximum atomic E-state index is 12.8. The van der Waals surface area contributed by atoms with E-state index in [1.807, 2.05) is 38.1 Å². The Labute approximate surface area is 172 Å². The third-order valence-electron chi connectivity index (χ3n) is 4.82. The molecule has 0 unspecified atom stereocenters. The molecule has 0 bridgehead atoms. The molecule has 1 aromatic heterocycles. The summed E-state index contributed by atoms with van der Waals surface area (Å²) in [5, 5.41) is 8.69. The van der Waals surface area contributed by atoms with Gasteiger partial charge in [-0.2, -0.15) is 5.26 Å². The SMILES string of the molecule is Cc1cc(/C=C2/SC(=O)N(c3ccccc3)C2=O)c(C)n1-c1ccc(C#N)cc1. The number of rotatable bonds is 3. The maximum absolute atomic E-state index is 12.8. The average molecular weight is 399 g/mol. The molecule has 0 atom stereocenters. The highest BCUT2D eigenvalue weighted by Crippen LogP contribution is 2.36. The molecule has 4 rings (SSSR count). The lowest BCUT2D eigenvalue weighted by Gasteiger charge is -2.11. The largest absolute Gasteiger partial charge is 0.318 e. The van der Waals surface area contributed by atoms with Crippen LogP contribution in [0.25, 0.3) is 11.8 Å². The molecule has 0 aliphatic carbocycles. The summed E-state index contributed by atoms with van der Waals surface area (Å²) >= 11 is 0.949. The van der Waals surface area contributed by atoms with Crippen molar-refractivity contribution in [3.05, 3.63) is 88.1 Å². The number of hydrogen-bond acceptors (Lipinski definition) is 4. The third kappa shape index (κ3) is 3.37. The first-order chi connectivity index (χ1) is 14.0. The fraction of sp³-hybridized carbons (Fsp3) is 0.0870. The summed E-state index contributed by atoms with van der Waals surface area (Å²) in [6.07, 6.45) is 1.77. The number of carbonyl (C=O) groups excluding carboxylic acids is 2. The van der Waals surface area contributed by atoms with Gasteiger partial charge in [-0.1, -0.05) is 18.2 Å². The van der Waals surface area contributed by atoms with Gasteiger partial charge >= 0.3 is 0 Å². The van der Waals surface area contributed by atoms with Gasteiger partial charge < -0.3 is 4.57 Å². The smallest absolute Gasteiger partial charge is 0.298 e. The van der Waals surface area contributed by atoms with Gasteiger partial charge in [0.05, 0.1) is 22.2 Å². The van der Waals surface area contributed by atoms with Crippen molar-refractivity contribution >= 4 is 34.7 Å². The summed E-state index contributed by atoms with van der Waals surface area (Å²) in [5.41, 5.74) is 4.95. The monoisotopic (exact) mass is 399 g/mol. The molecule has 2 aromatic carbocycles. The lowest BCUT2D eigenvalue weighted by molar-refractivity contribution is -0.113. The number of amides is 2. The number of carbonyl (C=O) groups is 2.